The molecule has 1 heterocycles. The fraction of sp³-hybridized carbons (Fsp3) is 0.692. The molecule has 2 fully saturated rings. The summed E-state index contributed by atoms with van der Waals surface area (Å²) in [5, 5.41) is 13.9. The molecule has 1 aliphatic heterocycles. The molecule has 0 bridgehead atoms. The number of carbonyl (C=O) groups excluding carboxylic acids is 3. The van der Waals surface area contributed by atoms with E-state index in [1.807, 2.05) is 0 Å². The van der Waals surface area contributed by atoms with Gasteiger partial charge in [0.1, 0.15) is 13.1 Å². The molecule has 8 nitrogen and oxygen atoms in total. The summed E-state index contributed by atoms with van der Waals surface area (Å²) < 4.78 is 0. The van der Waals surface area contributed by atoms with E-state index in [4.69, 9.17) is 5.11 Å². The third kappa shape index (κ3) is 3.93. The SMILES string of the molecule is O=C(O)CC1(NC(=O)N2CC(=O)NC(=O)C2)CCCCC1. The molecule has 1 saturated heterocycles. The zero-order chi connectivity index (χ0) is 15.5. The second kappa shape index (κ2) is 6.11. The van der Waals surface area contributed by atoms with Gasteiger partial charge >= 0.3 is 12.0 Å². The van der Waals surface area contributed by atoms with Crippen LogP contribution in [0.5, 0.6) is 0 Å². The van der Waals surface area contributed by atoms with Crippen molar-refractivity contribution in [2.24, 2.45) is 0 Å². The maximum Gasteiger partial charge on any atom is 0.318 e. The number of nitrogens with zero attached hydrogens (tertiary/aromatic N) is 1. The smallest absolute Gasteiger partial charge is 0.318 e. The minimum Gasteiger partial charge on any atom is -0.481 e. The fourth-order valence-corrected chi connectivity index (χ4v) is 2.95. The van der Waals surface area contributed by atoms with E-state index in [1.54, 1.807) is 0 Å². The van der Waals surface area contributed by atoms with Gasteiger partial charge in [0.2, 0.25) is 11.8 Å². The predicted molar refractivity (Wildman–Crippen MR) is 71.3 cm³/mol. The Labute approximate surface area is 121 Å². The highest BCUT2D eigenvalue weighted by molar-refractivity contribution is 6.02. The minimum absolute atomic E-state index is 0.146. The number of carboxylic acid groups (broad SMARTS) is 1. The monoisotopic (exact) mass is 297 g/mol. The molecule has 2 aliphatic rings. The van der Waals surface area contributed by atoms with E-state index in [9.17, 15) is 19.2 Å². The molecule has 2 rings (SSSR count). The summed E-state index contributed by atoms with van der Waals surface area (Å²) in [6.07, 6.45) is 3.77. The molecule has 4 amide bonds. The van der Waals surface area contributed by atoms with Gasteiger partial charge in [-0.05, 0) is 12.8 Å². The Bertz CT molecular complexity index is 454. The van der Waals surface area contributed by atoms with Crippen molar-refractivity contribution in [3.8, 4) is 0 Å². The minimum atomic E-state index is -0.968. The van der Waals surface area contributed by atoms with E-state index in [0.29, 0.717) is 12.8 Å². The lowest BCUT2D eigenvalue weighted by Gasteiger charge is -2.39. The van der Waals surface area contributed by atoms with Gasteiger partial charge in [0.05, 0.1) is 12.0 Å². The van der Waals surface area contributed by atoms with Crippen molar-refractivity contribution in [2.75, 3.05) is 13.1 Å². The lowest BCUT2D eigenvalue weighted by Crippen LogP contribution is -2.60. The molecule has 1 saturated carbocycles. The highest BCUT2D eigenvalue weighted by Gasteiger charge is 2.38. The summed E-state index contributed by atoms with van der Waals surface area (Å²) in [5.41, 5.74) is -0.780. The van der Waals surface area contributed by atoms with Crippen molar-refractivity contribution in [3.05, 3.63) is 0 Å². The van der Waals surface area contributed by atoms with Gasteiger partial charge < -0.3 is 15.3 Å². The van der Waals surface area contributed by atoms with Crippen LogP contribution in [0.2, 0.25) is 0 Å². The summed E-state index contributed by atoms with van der Waals surface area (Å²) in [6, 6.07) is -0.554. The standard InChI is InChI=1S/C13H19N3O5/c17-9-7-16(8-10(18)14-9)12(21)15-13(6-11(19)20)4-2-1-3-5-13/h1-8H2,(H,15,21)(H,19,20)(H,14,17,18). The number of amides is 4. The number of urea groups is 1. The molecule has 21 heavy (non-hydrogen) atoms. The van der Waals surface area contributed by atoms with Crippen LogP contribution in [-0.2, 0) is 14.4 Å². The van der Waals surface area contributed by atoms with Gasteiger partial charge in [-0.15, -0.1) is 0 Å². The largest absolute Gasteiger partial charge is 0.481 e. The number of piperazine rings is 1. The van der Waals surface area contributed by atoms with E-state index in [2.05, 4.69) is 10.6 Å². The van der Waals surface area contributed by atoms with E-state index < -0.39 is 29.4 Å². The highest BCUT2D eigenvalue weighted by Crippen LogP contribution is 2.31. The van der Waals surface area contributed by atoms with E-state index in [0.717, 1.165) is 24.2 Å². The Hall–Kier alpha value is -2.12. The molecule has 3 N–H and O–H groups in total. The van der Waals surface area contributed by atoms with Crippen molar-refractivity contribution in [1.29, 1.82) is 0 Å². The van der Waals surface area contributed by atoms with Crippen LogP contribution < -0.4 is 10.6 Å². The number of imide groups is 1. The van der Waals surface area contributed by atoms with Crippen molar-refractivity contribution < 1.29 is 24.3 Å². The first-order valence-electron chi connectivity index (χ1n) is 7.02. The van der Waals surface area contributed by atoms with Gasteiger partial charge in [0, 0.05) is 0 Å². The predicted octanol–water partition coefficient (Wildman–Crippen LogP) is -0.168. The fourth-order valence-electron chi connectivity index (χ4n) is 2.95. The Morgan fingerprint density at radius 3 is 2.24 bits per heavy atom. The van der Waals surface area contributed by atoms with E-state index >= 15 is 0 Å². The normalized spacial score (nSPS) is 21.6. The van der Waals surface area contributed by atoms with Crippen LogP contribution in [0.1, 0.15) is 38.5 Å². The number of nitrogens with one attached hydrogen (secondary N) is 2. The molecule has 0 aromatic rings. The van der Waals surface area contributed by atoms with Gasteiger partial charge in [-0.1, -0.05) is 19.3 Å². The Morgan fingerprint density at radius 2 is 1.71 bits per heavy atom. The van der Waals surface area contributed by atoms with Gasteiger partial charge in [-0.25, -0.2) is 4.79 Å². The molecule has 0 atom stereocenters. The molecule has 1 aliphatic carbocycles. The van der Waals surface area contributed by atoms with Crippen LogP contribution in [0.3, 0.4) is 0 Å². The number of carboxylic acids is 1. The zero-order valence-corrected chi connectivity index (χ0v) is 11.7. The van der Waals surface area contributed by atoms with Crippen LogP contribution in [0, 0.1) is 0 Å². The maximum absolute atomic E-state index is 12.2. The van der Waals surface area contributed by atoms with Crippen LogP contribution in [0.4, 0.5) is 4.79 Å². The van der Waals surface area contributed by atoms with E-state index in [-0.39, 0.29) is 19.5 Å². The zero-order valence-electron chi connectivity index (χ0n) is 11.7. The second-order valence-corrected chi connectivity index (χ2v) is 5.67. The van der Waals surface area contributed by atoms with Crippen molar-refractivity contribution in [3.63, 3.8) is 0 Å². The Balaban J connectivity index is 2.05. The van der Waals surface area contributed by atoms with Gasteiger partial charge in [0.25, 0.3) is 0 Å². The molecular weight excluding hydrogens is 278 g/mol. The molecule has 116 valence electrons. The van der Waals surface area contributed by atoms with Crippen molar-refractivity contribution >= 4 is 23.8 Å². The molecule has 0 aromatic carbocycles. The molecule has 0 spiro atoms. The summed E-state index contributed by atoms with van der Waals surface area (Å²) in [6.45, 7) is -0.387. The van der Waals surface area contributed by atoms with Gasteiger partial charge in [-0.3, -0.25) is 19.7 Å². The number of rotatable bonds is 3. The lowest BCUT2D eigenvalue weighted by atomic mass is 9.79. The summed E-state index contributed by atoms with van der Waals surface area (Å²) >= 11 is 0. The molecule has 8 heteroatoms. The van der Waals surface area contributed by atoms with Crippen LogP contribution in [-0.4, -0.2) is 52.4 Å². The van der Waals surface area contributed by atoms with Crippen molar-refractivity contribution in [1.82, 2.24) is 15.5 Å². The third-order valence-corrected chi connectivity index (χ3v) is 3.91. The molecule has 0 radical (unpaired) electrons. The molecular formula is C13H19N3O5. The van der Waals surface area contributed by atoms with Crippen LogP contribution in [0.25, 0.3) is 0 Å². The number of carbonyl (C=O) groups is 4. The van der Waals surface area contributed by atoms with Crippen LogP contribution in [0.15, 0.2) is 0 Å². The number of aliphatic carboxylic acids is 1. The van der Waals surface area contributed by atoms with Crippen molar-refractivity contribution in [2.45, 2.75) is 44.1 Å². The number of hydrogen-bond donors (Lipinski definition) is 3. The molecule has 0 aromatic heterocycles. The Morgan fingerprint density at radius 1 is 1.14 bits per heavy atom. The summed E-state index contributed by atoms with van der Waals surface area (Å²) in [5.74, 6) is -2.03. The Kier molecular flexibility index (Phi) is 4.44. The summed E-state index contributed by atoms with van der Waals surface area (Å²) in [7, 11) is 0. The van der Waals surface area contributed by atoms with Gasteiger partial charge in [0.15, 0.2) is 0 Å². The topological polar surface area (TPSA) is 116 Å². The lowest BCUT2D eigenvalue weighted by molar-refractivity contribution is -0.139. The first-order chi connectivity index (χ1) is 9.90. The third-order valence-electron chi connectivity index (χ3n) is 3.91. The first kappa shape index (κ1) is 15.3. The average molecular weight is 297 g/mol. The molecule has 0 unspecified atom stereocenters. The second-order valence-electron chi connectivity index (χ2n) is 5.67. The first-order valence-corrected chi connectivity index (χ1v) is 7.02. The summed E-state index contributed by atoms with van der Waals surface area (Å²) in [4.78, 5) is 47.0. The average Bonchev–Trinajstić information content (AvgIpc) is 2.37. The van der Waals surface area contributed by atoms with Crippen LogP contribution >= 0.6 is 0 Å². The van der Waals surface area contributed by atoms with E-state index in [1.165, 1.54) is 0 Å². The maximum atomic E-state index is 12.2. The quantitative estimate of drug-likeness (QED) is 0.626. The highest BCUT2D eigenvalue weighted by atomic mass is 16.4. The van der Waals surface area contributed by atoms with Gasteiger partial charge in [-0.2, -0.15) is 0 Å². The number of hydrogen-bond acceptors (Lipinski definition) is 4.